The highest BCUT2D eigenvalue weighted by Crippen LogP contribution is 1.84. The van der Waals surface area contributed by atoms with Gasteiger partial charge in [0.25, 0.3) is 0 Å². The van der Waals surface area contributed by atoms with Crippen molar-refractivity contribution in [2.24, 2.45) is 0 Å². The zero-order valence-corrected chi connectivity index (χ0v) is 10.6. The van der Waals surface area contributed by atoms with Crippen molar-refractivity contribution in [1.82, 2.24) is 10.2 Å². The standard InChI is InChI=1S/C11H24N2O3/c1-4-13(5-2)7-6-12-11(14)10-16-9-8-15-3/h4-10H2,1-3H3,(H,12,14). The van der Waals surface area contributed by atoms with Gasteiger partial charge in [-0.25, -0.2) is 0 Å². The van der Waals surface area contributed by atoms with Crippen LogP contribution in [0.1, 0.15) is 13.8 Å². The number of methoxy groups -OCH3 is 1. The molecule has 0 radical (unpaired) electrons. The number of ether oxygens (including phenoxy) is 2. The molecule has 0 aliphatic rings. The molecule has 0 aliphatic carbocycles. The molecule has 16 heavy (non-hydrogen) atoms. The lowest BCUT2D eigenvalue weighted by Gasteiger charge is -2.17. The first-order valence-corrected chi connectivity index (χ1v) is 5.80. The maximum Gasteiger partial charge on any atom is 0.246 e. The second-order valence-corrected chi connectivity index (χ2v) is 3.42. The molecule has 0 fully saturated rings. The van der Waals surface area contributed by atoms with Crippen LogP contribution in [0.15, 0.2) is 0 Å². The Balaban J connectivity index is 3.36. The summed E-state index contributed by atoms with van der Waals surface area (Å²) in [5.41, 5.74) is 0. The zero-order chi connectivity index (χ0) is 12.2. The van der Waals surface area contributed by atoms with Gasteiger partial charge in [0.2, 0.25) is 5.91 Å². The molecule has 0 saturated heterocycles. The van der Waals surface area contributed by atoms with Crippen molar-refractivity contribution in [2.75, 3.05) is 53.1 Å². The number of carbonyl (C=O) groups is 1. The summed E-state index contributed by atoms with van der Waals surface area (Å²) in [6, 6.07) is 0. The largest absolute Gasteiger partial charge is 0.382 e. The van der Waals surface area contributed by atoms with Gasteiger partial charge in [-0.1, -0.05) is 13.8 Å². The fraction of sp³-hybridized carbons (Fsp3) is 0.909. The molecule has 0 aromatic rings. The minimum absolute atomic E-state index is 0.0664. The average molecular weight is 232 g/mol. The van der Waals surface area contributed by atoms with E-state index < -0.39 is 0 Å². The van der Waals surface area contributed by atoms with Gasteiger partial charge in [0.05, 0.1) is 13.2 Å². The molecule has 0 saturated carbocycles. The minimum atomic E-state index is -0.0664. The lowest BCUT2D eigenvalue weighted by molar-refractivity contribution is -0.126. The maximum absolute atomic E-state index is 11.3. The Morgan fingerprint density at radius 1 is 1.25 bits per heavy atom. The summed E-state index contributed by atoms with van der Waals surface area (Å²) in [4.78, 5) is 13.5. The number of hydrogen-bond acceptors (Lipinski definition) is 4. The molecule has 0 heterocycles. The van der Waals surface area contributed by atoms with Gasteiger partial charge in [0.1, 0.15) is 6.61 Å². The van der Waals surface area contributed by atoms with E-state index in [-0.39, 0.29) is 12.5 Å². The van der Waals surface area contributed by atoms with Crippen LogP contribution in [-0.2, 0) is 14.3 Å². The van der Waals surface area contributed by atoms with Gasteiger partial charge in [-0.15, -0.1) is 0 Å². The van der Waals surface area contributed by atoms with E-state index in [1.54, 1.807) is 7.11 Å². The molecule has 0 atom stereocenters. The Hall–Kier alpha value is -0.650. The first-order valence-electron chi connectivity index (χ1n) is 5.80. The van der Waals surface area contributed by atoms with Crippen LogP contribution < -0.4 is 5.32 Å². The number of nitrogens with one attached hydrogen (secondary N) is 1. The fourth-order valence-electron chi connectivity index (χ4n) is 1.25. The molecule has 1 amide bonds. The molecular formula is C11H24N2O3. The quantitative estimate of drug-likeness (QED) is 0.543. The summed E-state index contributed by atoms with van der Waals surface area (Å²) in [5, 5.41) is 2.81. The summed E-state index contributed by atoms with van der Waals surface area (Å²) in [5.74, 6) is -0.0664. The average Bonchev–Trinajstić information content (AvgIpc) is 2.30. The Morgan fingerprint density at radius 2 is 1.94 bits per heavy atom. The van der Waals surface area contributed by atoms with Crippen LogP contribution in [0.4, 0.5) is 0 Å². The van der Waals surface area contributed by atoms with Crippen LogP contribution in [0, 0.1) is 0 Å². The van der Waals surface area contributed by atoms with Crippen molar-refractivity contribution >= 4 is 5.91 Å². The highest BCUT2D eigenvalue weighted by atomic mass is 16.5. The molecule has 0 bridgehead atoms. The summed E-state index contributed by atoms with van der Waals surface area (Å²) in [6.45, 7) is 8.89. The van der Waals surface area contributed by atoms with Crippen molar-refractivity contribution in [3.05, 3.63) is 0 Å². The van der Waals surface area contributed by atoms with E-state index in [0.29, 0.717) is 19.8 Å². The lowest BCUT2D eigenvalue weighted by Crippen LogP contribution is -2.36. The van der Waals surface area contributed by atoms with Crippen LogP contribution in [-0.4, -0.2) is 63.9 Å². The number of hydrogen-bond donors (Lipinski definition) is 1. The van der Waals surface area contributed by atoms with Gasteiger partial charge in [-0.3, -0.25) is 4.79 Å². The Kier molecular flexibility index (Phi) is 10.4. The highest BCUT2D eigenvalue weighted by Gasteiger charge is 2.02. The predicted octanol–water partition coefficient (Wildman–Crippen LogP) is 0.107. The van der Waals surface area contributed by atoms with Crippen LogP contribution in [0.25, 0.3) is 0 Å². The van der Waals surface area contributed by atoms with Crippen molar-refractivity contribution < 1.29 is 14.3 Å². The number of rotatable bonds is 10. The number of carbonyl (C=O) groups excluding carboxylic acids is 1. The van der Waals surface area contributed by atoms with Gasteiger partial charge in [-0.2, -0.15) is 0 Å². The topological polar surface area (TPSA) is 50.8 Å². The molecule has 0 aromatic carbocycles. The predicted molar refractivity (Wildman–Crippen MR) is 63.5 cm³/mol. The molecule has 1 N–H and O–H groups in total. The third-order valence-electron chi connectivity index (χ3n) is 2.31. The van der Waals surface area contributed by atoms with Gasteiger partial charge < -0.3 is 19.7 Å². The Bertz CT molecular complexity index is 173. The van der Waals surface area contributed by atoms with Crippen molar-refractivity contribution in [3.8, 4) is 0 Å². The van der Waals surface area contributed by atoms with Crippen LogP contribution in [0.3, 0.4) is 0 Å². The summed E-state index contributed by atoms with van der Waals surface area (Å²) in [6.07, 6.45) is 0. The van der Waals surface area contributed by atoms with Crippen molar-refractivity contribution in [2.45, 2.75) is 13.8 Å². The first kappa shape index (κ1) is 15.3. The Morgan fingerprint density at radius 3 is 2.50 bits per heavy atom. The number of likely N-dealkylation sites (N-methyl/N-ethyl adjacent to an activating group) is 1. The monoisotopic (exact) mass is 232 g/mol. The van der Waals surface area contributed by atoms with Gasteiger partial charge in [-0.05, 0) is 13.1 Å². The molecule has 0 aliphatic heterocycles. The van der Waals surface area contributed by atoms with E-state index in [4.69, 9.17) is 9.47 Å². The van der Waals surface area contributed by atoms with Gasteiger partial charge >= 0.3 is 0 Å². The second kappa shape index (κ2) is 10.9. The van der Waals surface area contributed by atoms with E-state index in [1.165, 1.54) is 0 Å². The normalized spacial score (nSPS) is 10.8. The molecule has 0 aromatic heterocycles. The van der Waals surface area contributed by atoms with Crippen LogP contribution >= 0.6 is 0 Å². The number of nitrogens with zero attached hydrogens (tertiary/aromatic N) is 1. The van der Waals surface area contributed by atoms with E-state index in [1.807, 2.05) is 0 Å². The van der Waals surface area contributed by atoms with Crippen molar-refractivity contribution in [1.29, 1.82) is 0 Å². The SMILES string of the molecule is CCN(CC)CCNC(=O)COCCOC. The van der Waals surface area contributed by atoms with E-state index in [2.05, 4.69) is 24.1 Å². The third-order valence-corrected chi connectivity index (χ3v) is 2.31. The van der Waals surface area contributed by atoms with Crippen LogP contribution in [0.2, 0.25) is 0 Å². The molecule has 0 unspecified atom stereocenters. The van der Waals surface area contributed by atoms with E-state index >= 15 is 0 Å². The summed E-state index contributed by atoms with van der Waals surface area (Å²) < 4.78 is 9.90. The molecular weight excluding hydrogens is 208 g/mol. The first-order chi connectivity index (χ1) is 7.74. The molecule has 5 heteroatoms. The third kappa shape index (κ3) is 8.64. The zero-order valence-electron chi connectivity index (χ0n) is 10.6. The molecule has 0 spiro atoms. The molecule has 5 nitrogen and oxygen atoms in total. The number of amides is 1. The summed E-state index contributed by atoms with van der Waals surface area (Å²) in [7, 11) is 1.60. The minimum Gasteiger partial charge on any atom is -0.382 e. The van der Waals surface area contributed by atoms with Crippen LogP contribution in [0.5, 0.6) is 0 Å². The highest BCUT2D eigenvalue weighted by molar-refractivity contribution is 5.77. The maximum atomic E-state index is 11.3. The smallest absolute Gasteiger partial charge is 0.246 e. The Labute approximate surface area is 98.1 Å². The lowest BCUT2D eigenvalue weighted by atomic mass is 10.4. The fourth-order valence-corrected chi connectivity index (χ4v) is 1.25. The van der Waals surface area contributed by atoms with Gasteiger partial charge in [0, 0.05) is 20.2 Å². The second-order valence-electron chi connectivity index (χ2n) is 3.42. The molecule has 96 valence electrons. The van der Waals surface area contributed by atoms with E-state index in [9.17, 15) is 4.79 Å². The van der Waals surface area contributed by atoms with Crippen molar-refractivity contribution in [3.63, 3.8) is 0 Å². The summed E-state index contributed by atoms with van der Waals surface area (Å²) >= 11 is 0. The van der Waals surface area contributed by atoms with E-state index in [0.717, 1.165) is 19.6 Å². The van der Waals surface area contributed by atoms with Gasteiger partial charge in [0.15, 0.2) is 0 Å². The molecule has 0 rings (SSSR count).